The Bertz CT molecular complexity index is 1050. The summed E-state index contributed by atoms with van der Waals surface area (Å²) in [7, 11) is 0. The molecular formula is C21H20N2O3. The maximum atomic E-state index is 12.3. The second-order valence-corrected chi connectivity index (χ2v) is 6.37. The molecule has 1 atom stereocenters. The monoisotopic (exact) mass is 348 g/mol. The van der Waals surface area contributed by atoms with Crippen molar-refractivity contribution < 1.29 is 9.47 Å². The highest BCUT2D eigenvalue weighted by Gasteiger charge is 2.21. The molecule has 2 aromatic carbocycles. The molecule has 0 spiro atoms. The molecule has 0 radical (unpaired) electrons. The number of fused-ring (bicyclic) bond motifs is 2. The highest BCUT2D eigenvalue weighted by molar-refractivity contribution is 5.78. The van der Waals surface area contributed by atoms with Gasteiger partial charge in [0, 0.05) is 17.5 Å². The van der Waals surface area contributed by atoms with Crippen molar-refractivity contribution in [3.8, 4) is 11.5 Å². The summed E-state index contributed by atoms with van der Waals surface area (Å²) in [5, 5.41) is 0. The summed E-state index contributed by atoms with van der Waals surface area (Å²) in [4.78, 5) is 19.6. The average molecular weight is 348 g/mol. The topological polar surface area (TPSA) is 64.2 Å². The predicted octanol–water partition coefficient (Wildman–Crippen LogP) is 3.82. The zero-order chi connectivity index (χ0) is 18.1. The maximum absolute atomic E-state index is 12.3. The Morgan fingerprint density at radius 1 is 1.31 bits per heavy atom. The smallest absolute Gasteiger partial charge is 0.274 e. The van der Waals surface area contributed by atoms with Crippen LogP contribution < -0.4 is 15.0 Å². The summed E-state index contributed by atoms with van der Waals surface area (Å²) < 4.78 is 11.6. The molecule has 0 bridgehead atoms. The second-order valence-electron chi connectivity index (χ2n) is 6.37. The lowest BCUT2D eigenvalue weighted by Gasteiger charge is -2.10. The van der Waals surface area contributed by atoms with E-state index in [0.717, 1.165) is 40.1 Å². The van der Waals surface area contributed by atoms with Gasteiger partial charge in [-0.05, 0) is 50.3 Å². The van der Waals surface area contributed by atoms with Crippen LogP contribution in [-0.4, -0.2) is 22.7 Å². The molecule has 0 saturated carbocycles. The Hall–Kier alpha value is -3.08. The molecule has 1 aromatic heterocycles. The molecule has 0 saturated heterocycles. The lowest BCUT2D eigenvalue weighted by molar-refractivity contribution is 0.254. The SMILES string of the molecule is CCOc1cc2c(cc1/C=C/c1nc3ccccc3[nH]c1=O)O[C@H](C)C2. The third-order valence-corrected chi connectivity index (χ3v) is 4.37. The third-order valence-electron chi connectivity index (χ3n) is 4.37. The fourth-order valence-electron chi connectivity index (χ4n) is 3.19. The van der Waals surface area contributed by atoms with Crippen LogP contribution in [0.25, 0.3) is 23.2 Å². The van der Waals surface area contributed by atoms with E-state index in [1.54, 1.807) is 6.08 Å². The van der Waals surface area contributed by atoms with Crippen LogP contribution in [0.5, 0.6) is 11.5 Å². The number of ether oxygens (including phenoxy) is 2. The number of benzene rings is 2. The van der Waals surface area contributed by atoms with Crippen molar-refractivity contribution in [3.05, 3.63) is 63.6 Å². The van der Waals surface area contributed by atoms with Gasteiger partial charge in [0.25, 0.3) is 5.56 Å². The normalized spacial score (nSPS) is 16.0. The summed E-state index contributed by atoms with van der Waals surface area (Å²) in [6.45, 7) is 4.58. The fraction of sp³-hybridized carbons (Fsp3) is 0.238. The van der Waals surface area contributed by atoms with E-state index < -0.39 is 0 Å². The highest BCUT2D eigenvalue weighted by Crippen LogP contribution is 2.35. The Morgan fingerprint density at radius 3 is 3.00 bits per heavy atom. The number of H-pyrrole nitrogens is 1. The molecule has 132 valence electrons. The zero-order valence-corrected chi connectivity index (χ0v) is 14.8. The Balaban J connectivity index is 1.74. The summed E-state index contributed by atoms with van der Waals surface area (Å²) in [5.41, 5.74) is 3.64. The average Bonchev–Trinajstić information content (AvgIpc) is 2.99. The summed E-state index contributed by atoms with van der Waals surface area (Å²) >= 11 is 0. The molecule has 5 nitrogen and oxygen atoms in total. The fourth-order valence-corrected chi connectivity index (χ4v) is 3.19. The first-order valence-electron chi connectivity index (χ1n) is 8.77. The standard InChI is InChI=1S/C21H20N2O3/c1-3-25-19-12-15-10-13(2)26-20(15)11-14(19)8-9-18-21(24)23-17-7-5-4-6-16(17)22-18/h4-9,11-13H,3,10H2,1-2H3,(H,23,24)/b9-8+/t13-/m1/s1. The molecule has 1 aliphatic heterocycles. The molecule has 2 heterocycles. The first-order valence-corrected chi connectivity index (χ1v) is 8.77. The van der Waals surface area contributed by atoms with E-state index in [1.807, 2.05) is 49.4 Å². The summed E-state index contributed by atoms with van der Waals surface area (Å²) in [6.07, 6.45) is 4.62. The number of nitrogens with one attached hydrogen (secondary N) is 1. The minimum absolute atomic E-state index is 0.170. The molecule has 5 heteroatoms. The lowest BCUT2D eigenvalue weighted by atomic mass is 10.1. The number of nitrogens with zero attached hydrogens (tertiary/aromatic N) is 1. The number of aromatic amines is 1. The van der Waals surface area contributed by atoms with E-state index in [1.165, 1.54) is 0 Å². The highest BCUT2D eigenvalue weighted by atomic mass is 16.5. The van der Waals surface area contributed by atoms with Gasteiger partial charge in [-0.25, -0.2) is 4.98 Å². The van der Waals surface area contributed by atoms with E-state index in [4.69, 9.17) is 9.47 Å². The van der Waals surface area contributed by atoms with E-state index in [2.05, 4.69) is 16.9 Å². The first kappa shape index (κ1) is 16.4. The number of aromatic nitrogens is 2. The van der Waals surface area contributed by atoms with Crippen LogP contribution in [0.4, 0.5) is 0 Å². The van der Waals surface area contributed by atoms with Gasteiger partial charge >= 0.3 is 0 Å². The van der Waals surface area contributed by atoms with E-state index in [9.17, 15) is 4.79 Å². The number of hydrogen-bond acceptors (Lipinski definition) is 4. The molecular weight excluding hydrogens is 328 g/mol. The zero-order valence-electron chi connectivity index (χ0n) is 14.8. The molecule has 4 rings (SSSR count). The van der Waals surface area contributed by atoms with Crippen molar-refractivity contribution >= 4 is 23.2 Å². The largest absolute Gasteiger partial charge is 0.493 e. The minimum atomic E-state index is -0.219. The van der Waals surface area contributed by atoms with Gasteiger partial charge in [-0.15, -0.1) is 0 Å². The van der Waals surface area contributed by atoms with Crippen molar-refractivity contribution in [1.82, 2.24) is 9.97 Å². The van der Waals surface area contributed by atoms with E-state index in [0.29, 0.717) is 12.3 Å². The maximum Gasteiger partial charge on any atom is 0.274 e. The van der Waals surface area contributed by atoms with E-state index in [-0.39, 0.29) is 11.7 Å². The molecule has 26 heavy (non-hydrogen) atoms. The van der Waals surface area contributed by atoms with Crippen molar-refractivity contribution in [2.45, 2.75) is 26.4 Å². The number of hydrogen-bond donors (Lipinski definition) is 1. The van der Waals surface area contributed by atoms with Crippen LogP contribution in [0.1, 0.15) is 30.7 Å². The van der Waals surface area contributed by atoms with Gasteiger partial charge in [-0.2, -0.15) is 0 Å². The molecule has 0 unspecified atom stereocenters. The van der Waals surface area contributed by atoms with Crippen LogP contribution in [0, 0.1) is 0 Å². The number of para-hydroxylation sites is 2. The van der Waals surface area contributed by atoms with Crippen molar-refractivity contribution in [1.29, 1.82) is 0 Å². The van der Waals surface area contributed by atoms with Gasteiger partial charge in [0.1, 0.15) is 23.3 Å². The Morgan fingerprint density at radius 2 is 2.15 bits per heavy atom. The Labute approximate surface area is 151 Å². The van der Waals surface area contributed by atoms with Gasteiger partial charge in [0.2, 0.25) is 0 Å². The number of rotatable bonds is 4. The predicted molar refractivity (Wildman–Crippen MR) is 103 cm³/mol. The van der Waals surface area contributed by atoms with Crippen LogP contribution in [0.3, 0.4) is 0 Å². The molecule has 0 amide bonds. The van der Waals surface area contributed by atoms with Crippen molar-refractivity contribution in [2.24, 2.45) is 0 Å². The summed E-state index contributed by atoms with van der Waals surface area (Å²) in [6, 6.07) is 11.5. The first-order chi connectivity index (χ1) is 12.6. The Kier molecular flexibility index (Phi) is 4.21. The second kappa shape index (κ2) is 6.67. The molecule has 1 aliphatic rings. The lowest BCUT2D eigenvalue weighted by Crippen LogP contribution is -2.11. The summed E-state index contributed by atoms with van der Waals surface area (Å²) in [5.74, 6) is 1.67. The molecule has 1 N–H and O–H groups in total. The van der Waals surface area contributed by atoms with Gasteiger partial charge < -0.3 is 14.5 Å². The molecule has 0 fully saturated rings. The molecule has 0 aliphatic carbocycles. The van der Waals surface area contributed by atoms with Crippen LogP contribution in [0.2, 0.25) is 0 Å². The minimum Gasteiger partial charge on any atom is -0.493 e. The van der Waals surface area contributed by atoms with Crippen molar-refractivity contribution in [3.63, 3.8) is 0 Å². The van der Waals surface area contributed by atoms with Crippen LogP contribution >= 0.6 is 0 Å². The molecule has 3 aromatic rings. The van der Waals surface area contributed by atoms with Crippen LogP contribution in [-0.2, 0) is 6.42 Å². The van der Waals surface area contributed by atoms with Crippen LogP contribution in [0.15, 0.2) is 41.2 Å². The van der Waals surface area contributed by atoms with Crippen molar-refractivity contribution in [2.75, 3.05) is 6.61 Å². The van der Waals surface area contributed by atoms with E-state index >= 15 is 0 Å². The van der Waals surface area contributed by atoms with Gasteiger partial charge in [0.15, 0.2) is 0 Å². The van der Waals surface area contributed by atoms with Gasteiger partial charge in [0.05, 0.1) is 17.6 Å². The third kappa shape index (κ3) is 3.08. The van der Waals surface area contributed by atoms with Gasteiger partial charge in [-0.3, -0.25) is 4.79 Å². The quantitative estimate of drug-likeness (QED) is 0.778. The van der Waals surface area contributed by atoms with Gasteiger partial charge in [-0.1, -0.05) is 12.1 Å².